The van der Waals surface area contributed by atoms with Crippen molar-refractivity contribution in [2.24, 2.45) is 0 Å². The normalized spacial score (nSPS) is 10.7. The zero-order valence-corrected chi connectivity index (χ0v) is 19.7. The van der Waals surface area contributed by atoms with Crippen LogP contribution in [0.25, 0.3) is 5.69 Å². The lowest BCUT2D eigenvalue weighted by Crippen LogP contribution is -2.24. The van der Waals surface area contributed by atoms with E-state index in [4.69, 9.17) is 16.3 Å². The van der Waals surface area contributed by atoms with E-state index < -0.39 is 0 Å². The van der Waals surface area contributed by atoms with Gasteiger partial charge >= 0.3 is 0 Å². The molecule has 32 heavy (non-hydrogen) atoms. The Morgan fingerprint density at radius 1 is 1.16 bits per heavy atom. The molecule has 8 heteroatoms. The zero-order chi connectivity index (χ0) is 22.9. The summed E-state index contributed by atoms with van der Waals surface area (Å²) in [5, 5.41) is 4.01. The maximum atomic E-state index is 12.7. The lowest BCUT2D eigenvalue weighted by atomic mass is 10.1. The van der Waals surface area contributed by atoms with Crippen molar-refractivity contribution in [2.45, 2.75) is 31.8 Å². The van der Waals surface area contributed by atoms with Crippen molar-refractivity contribution >= 4 is 35.1 Å². The average Bonchev–Trinajstić information content (AvgIpc) is 3.28. The van der Waals surface area contributed by atoms with E-state index in [0.29, 0.717) is 40.2 Å². The third-order valence-corrected chi connectivity index (χ3v) is 5.96. The van der Waals surface area contributed by atoms with E-state index in [-0.39, 0.29) is 17.4 Å². The van der Waals surface area contributed by atoms with Gasteiger partial charge in [-0.1, -0.05) is 42.8 Å². The van der Waals surface area contributed by atoms with Crippen LogP contribution in [0.5, 0.6) is 5.75 Å². The van der Waals surface area contributed by atoms with Gasteiger partial charge < -0.3 is 10.1 Å². The van der Waals surface area contributed by atoms with Crippen LogP contribution in [0.15, 0.2) is 60.0 Å². The quantitative estimate of drug-likeness (QED) is 0.229. The summed E-state index contributed by atoms with van der Waals surface area (Å²) in [7, 11) is 0. The number of carbonyl (C=O) groups excluding carboxylic acids is 2. The Bertz CT molecular complexity index is 1080. The summed E-state index contributed by atoms with van der Waals surface area (Å²) < 4.78 is 7.29. The summed E-state index contributed by atoms with van der Waals surface area (Å²) in [6, 6.07) is 12.4. The number of carbonyl (C=O) groups is 2. The predicted octanol–water partition coefficient (Wildman–Crippen LogP) is 5.43. The molecule has 1 N–H and O–H groups in total. The van der Waals surface area contributed by atoms with Crippen LogP contribution >= 0.6 is 23.4 Å². The number of hydrogen-bond donors (Lipinski definition) is 1. The number of unbranched alkanes of at least 4 members (excludes halogenated alkanes) is 1. The molecule has 1 amide bonds. The van der Waals surface area contributed by atoms with Crippen LogP contribution in [-0.2, 0) is 0 Å². The van der Waals surface area contributed by atoms with Crippen molar-refractivity contribution in [1.29, 1.82) is 0 Å². The largest absolute Gasteiger partial charge is 0.492 e. The van der Waals surface area contributed by atoms with E-state index in [2.05, 4.69) is 17.2 Å². The van der Waals surface area contributed by atoms with Gasteiger partial charge in [-0.25, -0.2) is 4.98 Å². The molecule has 0 aliphatic rings. The zero-order valence-electron chi connectivity index (χ0n) is 18.1. The number of nitrogens with one attached hydrogen (secondary N) is 1. The first-order chi connectivity index (χ1) is 15.5. The van der Waals surface area contributed by atoms with Gasteiger partial charge in [0.05, 0.1) is 17.4 Å². The second kappa shape index (κ2) is 11.7. The Morgan fingerprint density at radius 3 is 2.75 bits per heavy atom. The van der Waals surface area contributed by atoms with E-state index in [1.54, 1.807) is 30.5 Å². The molecule has 0 fully saturated rings. The van der Waals surface area contributed by atoms with E-state index in [1.165, 1.54) is 11.8 Å². The number of rotatable bonds is 11. The number of amides is 1. The third kappa shape index (κ3) is 6.14. The number of hydrogen-bond acceptors (Lipinski definition) is 5. The number of nitrogens with zero attached hydrogens (tertiary/aromatic N) is 2. The fraction of sp³-hybridized carbons (Fsp3) is 0.292. The molecule has 3 aromatic rings. The van der Waals surface area contributed by atoms with Gasteiger partial charge in [0.25, 0.3) is 5.91 Å². The molecule has 0 saturated carbocycles. The predicted molar refractivity (Wildman–Crippen MR) is 128 cm³/mol. The highest BCUT2D eigenvalue weighted by Crippen LogP contribution is 2.27. The van der Waals surface area contributed by atoms with Gasteiger partial charge in [0, 0.05) is 35.8 Å². The number of benzene rings is 2. The topological polar surface area (TPSA) is 73.2 Å². The molecular formula is C24H26ClN3O3S. The van der Waals surface area contributed by atoms with Crippen LogP contribution in [0.1, 0.15) is 47.4 Å². The van der Waals surface area contributed by atoms with Crippen molar-refractivity contribution in [1.82, 2.24) is 14.9 Å². The number of aromatic nitrogens is 2. The second-order valence-corrected chi connectivity index (χ2v) is 8.38. The summed E-state index contributed by atoms with van der Waals surface area (Å²) in [4.78, 5) is 29.4. The first-order valence-corrected chi connectivity index (χ1v) is 11.9. The Morgan fingerprint density at radius 2 is 2.00 bits per heavy atom. The Balaban J connectivity index is 1.68. The van der Waals surface area contributed by atoms with E-state index in [9.17, 15) is 9.59 Å². The molecule has 0 aliphatic heterocycles. The average molecular weight is 472 g/mol. The number of thioether (sulfide) groups is 1. The Labute approximate surface area is 197 Å². The molecule has 0 bridgehead atoms. The monoisotopic (exact) mass is 471 g/mol. The number of halogens is 1. The maximum absolute atomic E-state index is 12.7. The molecule has 0 atom stereocenters. The van der Waals surface area contributed by atoms with Crippen molar-refractivity contribution < 1.29 is 14.3 Å². The van der Waals surface area contributed by atoms with Crippen LogP contribution in [0.3, 0.4) is 0 Å². The van der Waals surface area contributed by atoms with E-state index in [0.717, 1.165) is 18.5 Å². The summed E-state index contributed by atoms with van der Waals surface area (Å²) in [5.41, 5.74) is 1.92. The molecule has 0 unspecified atom stereocenters. The van der Waals surface area contributed by atoms with Gasteiger partial charge in [-0.15, -0.1) is 0 Å². The SMILES string of the molecule is CCCCNC(=O)c1cccc(-n2ccnc2SCC(=O)c2ccc(OCC)c(Cl)c2)c1. The van der Waals surface area contributed by atoms with Gasteiger partial charge in [-0.2, -0.15) is 0 Å². The summed E-state index contributed by atoms with van der Waals surface area (Å²) in [6.07, 6.45) is 5.46. The van der Waals surface area contributed by atoms with E-state index >= 15 is 0 Å². The summed E-state index contributed by atoms with van der Waals surface area (Å²) in [6.45, 7) is 5.12. The molecule has 0 radical (unpaired) electrons. The highest BCUT2D eigenvalue weighted by atomic mass is 35.5. The molecule has 3 rings (SSSR count). The molecule has 0 spiro atoms. The molecule has 2 aromatic carbocycles. The smallest absolute Gasteiger partial charge is 0.251 e. The fourth-order valence-electron chi connectivity index (χ4n) is 3.03. The Kier molecular flexibility index (Phi) is 8.76. The van der Waals surface area contributed by atoms with Gasteiger partial charge in [0.15, 0.2) is 10.9 Å². The Hall–Kier alpha value is -2.77. The van der Waals surface area contributed by atoms with Gasteiger partial charge in [0.2, 0.25) is 0 Å². The molecule has 168 valence electrons. The summed E-state index contributed by atoms with van der Waals surface area (Å²) in [5.74, 6) is 0.613. The van der Waals surface area contributed by atoms with Crippen LogP contribution in [-0.4, -0.2) is 40.1 Å². The highest BCUT2D eigenvalue weighted by Gasteiger charge is 2.14. The second-order valence-electron chi connectivity index (χ2n) is 7.03. The van der Waals surface area contributed by atoms with Gasteiger partial charge in [0.1, 0.15) is 5.75 Å². The van der Waals surface area contributed by atoms with Crippen LogP contribution < -0.4 is 10.1 Å². The molecule has 0 aliphatic carbocycles. The first-order valence-electron chi connectivity index (χ1n) is 10.5. The molecule has 1 aromatic heterocycles. The lowest BCUT2D eigenvalue weighted by Gasteiger charge is -2.10. The van der Waals surface area contributed by atoms with E-state index in [1.807, 2.05) is 35.9 Å². The summed E-state index contributed by atoms with van der Waals surface area (Å²) >= 11 is 7.53. The minimum atomic E-state index is -0.0998. The van der Waals surface area contributed by atoms with Crippen LogP contribution in [0, 0.1) is 0 Å². The van der Waals surface area contributed by atoms with Gasteiger partial charge in [-0.05, 0) is 49.7 Å². The number of ketones is 1. The van der Waals surface area contributed by atoms with Crippen molar-refractivity contribution in [2.75, 3.05) is 18.9 Å². The lowest BCUT2D eigenvalue weighted by molar-refractivity contribution is 0.0952. The van der Waals surface area contributed by atoms with Crippen molar-refractivity contribution in [3.63, 3.8) is 0 Å². The minimum Gasteiger partial charge on any atom is -0.492 e. The van der Waals surface area contributed by atoms with Crippen molar-refractivity contribution in [3.8, 4) is 11.4 Å². The van der Waals surface area contributed by atoms with Crippen molar-refractivity contribution in [3.05, 3.63) is 71.0 Å². The number of Topliss-reactive ketones (excluding diaryl/α,β-unsaturated/α-hetero) is 1. The number of imidazole rings is 1. The number of ether oxygens (including phenoxy) is 1. The molecule has 6 nitrogen and oxygen atoms in total. The highest BCUT2D eigenvalue weighted by molar-refractivity contribution is 7.99. The first kappa shape index (κ1) is 23.9. The fourth-order valence-corrected chi connectivity index (χ4v) is 4.13. The van der Waals surface area contributed by atoms with Gasteiger partial charge in [-0.3, -0.25) is 14.2 Å². The van der Waals surface area contributed by atoms with Crippen LogP contribution in [0.2, 0.25) is 5.02 Å². The van der Waals surface area contributed by atoms with Crippen LogP contribution in [0.4, 0.5) is 0 Å². The molecule has 0 saturated heterocycles. The standard InChI is InChI=1S/C24H26ClN3O3S/c1-3-5-11-26-23(30)18-7-6-8-19(14-18)28-13-12-27-24(28)32-16-21(29)17-9-10-22(31-4-2)20(25)15-17/h6-10,12-15H,3-5,11,16H2,1-2H3,(H,26,30). The third-order valence-electron chi connectivity index (χ3n) is 4.70. The minimum absolute atomic E-state index is 0.0569. The maximum Gasteiger partial charge on any atom is 0.251 e. The molecule has 1 heterocycles. The molecular weight excluding hydrogens is 446 g/mol.